The third kappa shape index (κ3) is 2.79. The van der Waals surface area contributed by atoms with Crippen molar-refractivity contribution < 1.29 is 0 Å². The van der Waals surface area contributed by atoms with E-state index >= 15 is 0 Å². The van der Waals surface area contributed by atoms with Gasteiger partial charge in [0.15, 0.2) is 0 Å². The SMILES string of the molecule is NCC(c1ccc(Cl)cc1)N1CCN2CCCC2C1. The molecule has 2 N–H and O–H groups in total. The lowest BCUT2D eigenvalue weighted by Gasteiger charge is -2.41. The molecule has 3 rings (SSSR count). The summed E-state index contributed by atoms with van der Waals surface area (Å²) in [7, 11) is 0. The lowest BCUT2D eigenvalue weighted by atomic mass is 10.0. The summed E-state index contributed by atoms with van der Waals surface area (Å²) >= 11 is 5.97. The molecule has 2 aliphatic heterocycles. The number of nitrogens with zero attached hydrogens (tertiary/aromatic N) is 2. The number of benzene rings is 1. The number of nitrogens with two attached hydrogens (primary N) is 1. The van der Waals surface area contributed by atoms with Crippen molar-refractivity contribution in [1.82, 2.24) is 9.80 Å². The predicted octanol–water partition coefficient (Wildman–Crippen LogP) is 2.12. The Hall–Kier alpha value is -0.610. The number of hydrogen-bond acceptors (Lipinski definition) is 3. The summed E-state index contributed by atoms with van der Waals surface area (Å²) in [5.74, 6) is 0. The Balaban J connectivity index is 1.73. The summed E-state index contributed by atoms with van der Waals surface area (Å²) in [6, 6.07) is 9.23. The summed E-state index contributed by atoms with van der Waals surface area (Å²) < 4.78 is 0. The number of piperazine rings is 1. The van der Waals surface area contributed by atoms with Gasteiger partial charge in [-0.1, -0.05) is 23.7 Å². The average molecular weight is 280 g/mol. The average Bonchev–Trinajstić information content (AvgIpc) is 2.89. The van der Waals surface area contributed by atoms with Gasteiger partial charge in [-0.15, -0.1) is 0 Å². The van der Waals surface area contributed by atoms with Crippen molar-refractivity contribution >= 4 is 11.6 Å². The first-order valence-electron chi connectivity index (χ1n) is 7.21. The molecule has 0 spiro atoms. The fourth-order valence-electron chi connectivity index (χ4n) is 3.48. The predicted molar refractivity (Wildman–Crippen MR) is 79.4 cm³/mol. The molecule has 1 aromatic rings. The van der Waals surface area contributed by atoms with Gasteiger partial charge in [0.2, 0.25) is 0 Å². The number of halogens is 1. The molecule has 0 saturated carbocycles. The van der Waals surface area contributed by atoms with Crippen LogP contribution in [0.2, 0.25) is 5.02 Å². The van der Waals surface area contributed by atoms with E-state index in [1.165, 1.54) is 31.5 Å². The van der Waals surface area contributed by atoms with E-state index in [9.17, 15) is 0 Å². The first-order chi connectivity index (χ1) is 9.28. The lowest BCUT2D eigenvalue weighted by molar-refractivity contribution is 0.0737. The van der Waals surface area contributed by atoms with Crippen LogP contribution in [-0.4, -0.2) is 48.6 Å². The molecule has 0 radical (unpaired) electrons. The molecule has 2 fully saturated rings. The van der Waals surface area contributed by atoms with Gasteiger partial charge in [-0.05, 0) is 37.1 Å². The van der Waals surface area contributed by atoms with Crippen LogP contribution in [-0.2, 0) is 0 Å². The van der Waals surface area contributed by atoms with Gasteiger partial charge in [-0.25, -0.2) is 0 Å². The minimum absolute atomic E-state index is 0.333. The molecule has 2 saturated heterocycles. The molecule has 19 heavy (non-hydrogen) atoms. The molecule has 0 amide bonds. The highest BCUT2D eigenvalue weighted by atomic mass is 35.5. The highest BCUT2D eigenvalue weighted by Gasteiger charge is 2.33. The van der Waals surface area contributed by atoms with Gasteiger partial charge in [0.1, 0.15) is 0 Å². The van der Waals surface area contributed by atoms with Crippen molar-refractivity contribution in [3.8, 4) is 0 Å². The molecule has 1 aromatic carbocycles. The van der Waals surface area contributed by atoms with Crippen LogP contribution in [0.1, 0.15) is 24.4 Å². The first-order valence-corrected chi connectivity index (χ1v) is 7.59. The minimum Gasteiger partial charge on any atom is -0.329 e. The molecule has 0 bridgehead atoms. The number of fused-ring (bicyclic) bond motifs is 1. The molecule has 2 atom stereocenters. The maximum Gasteiger partial charge on any atom is 0.0471 e. The van der Waals surface area contributed by atoms with E-state index in [4.69, 9.17) is 17.3 Å². The van der Waals surface area contributed by atoms with Crippen molar-refractivity contribution in [2.24, 2.45) is 5.73 Å². The van der Waals surface area contributed by atoms with Crippen LogP contribution in [0, 0.1) is 0 Å². The zero-order valence-electron chi connectivity index (χ0n) is 11.3. The summed E-state index contributed by atoms with van der Waals surface area (Å²) in [5, 5.41) is 0.792. The first kappa shape index (κ1) is 13.4. The molecular weight excluding hydrogens is 258 g/mol. The monoisotopic (exact) mass is 279 g/mol. The zero-order valence-corrected chi connectivity index (χ0v) is 12.0. The fourth-order valence-corrected chi connectivity index (χ4v) is 3.61. The Morgan fingerprint density at radius 1 is 1.21 bits per heavy atom. The van der Waals surface area contributed by atoms with Crippen LogP contribution >= 0.6 is 11.6 Å². The van der Waals surface area contributed by atoms with Crippen LogP contribution in [0.25, 0.3) is 0 Å². The normalized spacial score (nSPS) is 26.3. The Bertz CT molecular complexity index is 420. The van der Waals surface area contributed by atoms with Crippen LogP contribution in [0.5, 0.6) is 0 Å². The Kier molecular flexibility index (Phi) is 4.08. The standard InChI is InChI=1S/C15H22ClN3/c16-13-5-3-12(4-6-13)15(10-17)19-9-8-18-7-1-2-14(18)11-19/h3-6,14-15H,1-2,7-11,17H2. The van der Waals surface area contributed by atoms with E-state index in [1.54, 1.807) is 0 Å². The van der Waals surface area contributed by atoms with Gasteiger partial charge in [0.05, 0.1) is 0 Å². The van der Waals surface area contributed by atoms with Crippen molar-refractivity contribution in [2.45, 2.75) is 24.9 Å². The van der Waals surface area contributed by atoms with Gasteiger partial charge < -0.3 is 5.73 Å². The maximum absolute atomic E-state index is 6.02. The van der Waals surface area contributed by atoms with Crippen LogP contribution in [0.3, 0.4) is 0 Å². The van der Waals surface area contributed by atoms with E-state index in [-0.39, 0.29) is 0 Å². The van der Waals surface area contributed by atoms with E-state index in [2.05, 4.69) is 21.9 Å². The molecule has 2 heterocycles. The number of rotatable bonds is 3. The van der Waals surface area contributed by atoms with E-state index in [0.29, 0.717) is 12.6 Å². The molecular formula is C15H22ClN3. The van der Waals surface area contributed by atoms with Crippen molar-refractivity contribution in [3.05, 3.63) is 34.9 Å². The second-order valence-corrected chi connectivity index (χ2v) is 6.07. The van der Waals surface area contributed by atoms with Gasteiger partial charge >= 0.3 is 0 Å². The molecule has 2 aliphatic rings. The highest BCUT2D eigenvalue weighted by molar-refractivity contribution is 6.30. The number of hydrogen-bond donors (Lipinski definition) is 1. The van der Waals surface area contributed by atoms with E-state index < -0.39 is 0 Å². The van der Waals surface area contributed by atoms with Crippen LogP contribution in [0.4, 0.5) is 0 Å². The van der Waals surface area contributed by atoms with Crippen molar-refractivity contribution in [3.63, 3.8) is 0 Å². The van der Waals surface area contributed by atoms with Gasteiger partial charge in [-0.2, -0.15) is 0 Å². The largest absolute Gasteiger partial charge is 0.329 e. The highest BCUT2D eigenvalue weighted by Crippen LogP contribution is 2.28. The van der Waals surface area contributed by atoms with E-state index in [0.717, 1.165) is 24.2 Å². The third-order valence-electron chi connectivity index (χ3n) is 4.54. The third-order valence-corrected chi connectivity index (χ3v) is 4.79. The summed E-state index contributed by atoms with van der Waals surface area (Å²) in [5.41, 5.74) is 7.31. The Labute approximate surface area is 120 Å². The smallest absolute Gasteiger partial charge is 0.0471 e. The van der Waals surface area contributed by atoms with Crippen molar-refractivity contribution in [2.75, 3.05) is 32.7 Å². The second kappa shape index (κ2) is 5.80. The summed E-state index contributed by atoms with van der Waals surface area (Å²) in [6.45, 7) is 5.43. The molecule has 4 heteroatoms. The minimum atomic E-state index is 0.333. The molecule has 104 valence electrons. The quantitative estimate of drug-likeness (QED) is 0.920. The van der Waals surface area contributed by atoms with Gasteiger partial charge in [-0.3, -0.25) is 9.80 Å². The Morgan fingerprint density at radius 2 is 2.00 bits per heavy atom. The molecule has 0 aromatic heterocycles. The molecule has 3 nitrogen and oxygen atoms in total. The fraction of sp³-hybridized carbons (Fsp3) is 0.600. The van der Waals surface area contributed by atoms with E-state index in [1.807, 2.05) is 12.1 Å². The van der Waals surface area contributed by atoms with Gasteiger partial charge in [0.25, 0.3) is 0 Å². The molecule has 0 aliphatic carbocycles. The maximum atomic E-state index is 6.02. The second-order valence-electron chi connectivity index (χ2n) is 5.63. The van der Waals surface area contributed by atoms with Crippen LogP contribution < -0.4 is 5.73 Å². The van der Waals surface area contributed by atoms with Gasteiger partial charge in [0, 0.05) is 43.3 Å². The zero-order chi connectivity index (χ0) is 13.2. The molecule has 2 unspecified atom stereocenters. The Morgan fingerprint density at radius 3 is 2.74 bits per heavy atom. The lowest BCUT2D eigenvalue weighted by Crippen LogP contribution is -2.52. The summed E-state index contributed by atoms with van der Waals surface area (Å²) in [6.07, 6.45) is 2.70. The summed E-state index contributed by atoms with van der Waals surface area (Å²) in [4.78, 5) is 5.18. The van der Waals surface area contributed by atoms with Crippen molar-refractivity contribution in [1.29, 1.82) is 0 Å². The van der Waals surface area contributed by atoms with Crippen LogP contribution in [0.15, 0.2) is 24.3 Å². The topological polar surface area (TPSA) is 32.5 Å².